The minimum atomic E-state index is 0.00946. The van der Waals surface area contributed by atoms with E-state index >= 15 is 0 Å². The molecular weight excluding hydrogens is 292 g/mol. The lowest BCUT2D eigenvalue weighted by atomic mass is 10.00. The second kappa shape index (κ2) is 6.34. The molecule has 1 saturated heterocycles. The molecule has 0 bridgehead atoms. The van der Waals surface area contributed by atoms with Crippen LogP contribution in [0.2, 0.25) is 0 Å². The molecule has 120 valence electrons. The van der Waals surface area contributed by atoms with Gasteiger partial charge in [0.25, 0.3) is 0 Å². The van der Waals surface area contributed by atoms with Crippen LogP contribution in [0.3, 0.4) is 0 Å². The Hall–Kier alpha value is -2.46. The summed E-state index contributed by atoms with van der Waals surface area (Å²) >= 11 is 0. The van der Waals surface area contributed by atoms with Crippen LogP contribution in [-0.2, 0) is 4.74 Å². The molecule has 3 rings (SSSR count). The van der Waals surface area contributed by atoms with Gasteiger partial charge in [0.05, 0.1) is 23.3 Å². The van der Waals surface area contributed by atoms with E-state index < -0.39 is 0 Å². The highest BCUT2D eigenvalue weighted by molar-refractivity contribution is 5.58. The van der Waals surface area contributed by atoms with Gasteiger partial charge in [0, 0.05) is 32.1 Å². The summed E-state index contributed by atoms with van der Waals surface area (Å²) in [7, 11) is 1.97. The number of hydrogen-bond donors (Lipinski definition) is 1. The maximum atomic E-state index is 9.28. The molecule has 2 aromatic heterocycles. The van der Waals surface area contributed by atoms with E-state index in [1.807, 2.05) is 27.0 Å². The second-order valence-electron chi connectivity index (χ2n) is 5.92. The third kappa shape index (κ3) is 3.17. The van der Waals surface area contributed by atoms with Gasteiger partial charge in [0.15, 0.2) is 5.82 Å². The Kier molecular flexibility index (Phi) is 4.26. The summed E-state index contributed by atoms with van der Waals surface area (Å²) in [5.74, 6) is 1.80. The van der Waals surface area contributed by atoms with E-state index in [1.165, 1.54) is 0 Å². The summed E-state index contributed by atoms with van der Waals surface area (Å²) in [5.41, 5.74) is 2.33. The molecule has 2 aromatic rings. The van der Waals surface area contributed by atoms with Crippen LogP contribution in [-0.4, -0.2) is 46.5 Å². The maximum absolute atomic E-state index is 9.28. The van der Waals surface area contributed by atoms with Crippen molar-refractivity contribution in [2.24, 2.45) is 0 Å². The standard InChI is InChI=1S/C16H20N6O/c1-10-6-14(12(7-17)8-18-10)22(3)9-15-13(4-5-23-15)16-19-11(2)20-21-16/h6,8,13,15H,4-5,9H2,1-3H3,(H,19,20,21)/t13-,15-/m1/s1. The smallest absolute Gasteiger partial charge is 0.156 e. The van der Waals surface area contributed by atoms with Crippen LogP contribution < -0.4 is 4.90 Å². The van der Waals surface area contributed by atoms with E-state index in [0.717, 1.165) is 29.5 Å². The average Bonchev–Trinajstić information content (AvgIpc) is 3.15. The number of aromatic nitrogens is 4. The number of nitriles is 1. The van der Waals surface area contributed by atoms with E-state index in [-0.39, 0.29) is 12.0 Å². The molecular formula is C16H20N6O. The third-order valence-corrected chi connectivity index (χ3v) is 4.16. The third-order valence-electron chi connectivity index (χ3n) is 4.16. The number of nitrogens with one attached hydrogen (secondary N) is 1. The predicted molar refractivity (Wildman–Crippen MR) is 85.2 cm³/mol. The van der Waals surface area contributed by atoms with Crippen LogP contribution in [0.15, 0.2) is 12.3 Å². The van der Waals surface area contributed by atoms with Crippen LogP contribution in [0.1, 0.15) is 35.2 Å². The molecule has 7 heteroatoms. The lowest BCUT2D eigenvalue weighted by Crippen LogP contribution is -2.32. The number of H-pyrrole nitrogens is 1. The van der Waals surface area contributed by atoms with Crippen molar-refractivity contribution in [2.75, 3.05) is 25.1 Å². The number of aryl methyl sites for hydroxylation is 2. The van der Waals surface area contributed by atoms with E-state index in [4.69, 9.17) is 4.74 Å². The fourth-order valence-corrected chi connectivity index (χ4v) is 2.97. The van der Waals surface area contributed by atoms with Gasteiger partial charge in [-0.25, -0.2) is 4.98 Å². The van der Waals surface area contributed by atoms with E-state index in [0.29, 0.717) is 18.7 Å². The zero-order chi connectivity index (χ0) is 16.4. The first kappa shape index (κ1) is 15.4. The Balaban J connectivity index is 1.78. The summed E-state index contributed by atoms with van der Waals surface area (Å²) < 4.78 is 5.89. The number of aromatic amines is 1. The number of pyridine rings is 1. The monoisotopic (exact) mass is 312 g/mol. The average molecular weight is 312 g/mol. The van der Waals surface area contributed by atoms with Crippen LogP contribution >= 0.6 is 0 Å². The van der Waals surface area contributed by atoms with Gasteiger partial charge < -0.3 is 9.64 Å². The molecule has 23 heavy (non-hydrogen) atoms. The van der Waals surface area contributed by atoms with E-state index in [1.54, 1.807) is 6.20 Å². The number of nitrogens with zero attached hydrogens (tertiary/aromatic N) is 5. The lowest BCUT2D eigenvalue weighted by Gasteiger charge is -2.26. The summed E-state index contributed by atoms with van der Waals surface area (Å²) in [5, 5.41) is 16.5. The van der Waals surface area contributed by atoms with Crippen molar-refractivity contribution < 1.29 is 4.74 Å². The molecule has 1 aliphatic heterocycles. The molecule has 0 amide bonds. The van der Waals surface area contributed by atoms with Gasteiger partial charge in [-0.1, -0.05) is 0 Å². The van der Waals surface area contributed by atoms with Gasteiger partial charge in [0.1, 0.15) is 11.9 Å². The Labute approximate surface area is 135 Å². The van der Waals surface area contributed by atoms with E-state index in [2.05, 4.69) is 31.1 Å². The fraction of sp³-hybridized carbons (Fsp3) is 0.500. The zero-order valence-corrected chi connectivity index (χ0v) is 13.6. The molecule has 1 aliphatic rings. The van der Waals surface area contributed by atoms with Gasteiger partial charge in [-0.15, -0.1) is 0 Å². The first-order chi connectivity index (χ1) is 11.1. The molecule has 0 aromatic carbocycles. The molecule has 3 heterocycles. The number of ether oxygens (including phenoxy) is 1. The van der Waals surface area contributed by atoms with Crippen molar-refractivity contribution in [3.8, 4) is 6.07 Å². The first-order valence-electron chi connectivity index (χ1n) is 7.67. The molecule has 0 aliphatic carbocycles. The highest BCUT2D eigenvalue weighted by Gasteiger charge is 2.33. The van der Waals surface area contributed by atoms with Crippen molar-refractivity contribution in [1.82, 2.24) is 20.2 Å². The van der Waals surface area contributed by atoms with Gasteiger partial charge in [-0.05, 0) is 26.3 Å². The molecule has 1 N–H and O–H groups in total. The topological polar surface area (TPSA) is 90.7 Å². The van der Waals surface area contributed by atoms with Crippen LogP contribution in [0.4, 0.5) is 5.69 Å². The summed E-state index contributed by atoms with van der Waals surface area (Å²) in [6, 6.07) is 4.13. The molecule has 0 radical (unpaired) electrons. The summed E-state index contributed by atoms with van der Waals surface area (Å²) in [4.78, 5) is 10.7. The minimum Gasteiger partial charge on any atom is -0.376 e. The Morgan fingerprint density at radius 3 is 3.00 bits per heavy atom. The van der Waals surface area contributed by atoms with Gasteiger partial charge in [-0.3, -0.25) is 10.1 Å². The van der Waals surface area contributed by atoms with Crippen molar-refractivity contribution >= 4 is 5.69 Å². The van der Waals surface area contributed by atoms with Crippen molar-refractivity contribution in [3.05, 3.63) is 35.2 Å². The second-order valence-corrected chi connectivity index (χ2v) is 5.92. The Morgan fingerprint density at radius 1 is 1.48 bits per heavy atom. The van der Waals surface area contributed by atoms with Crippen LogP contribution in [0.5, 0.6) is 0 Å². The highest BCUT2D eigenvalue weighted by atomic mass is 16.5. The first-order valence-corrected chi connectivity index (χ1v) is 7.67. The van der Waals surface area contributed by atoms with Crippen molar-refractivity contribution in [2.45, 2.75) is 32.3 Å². The predicted octanol–water partition coefficient (Wildman–Crippen LogP) is 1.70. The van der Waals surface area contributed by atoms with Gasteiger partial charge >= 0.3 is 0 Å². The summed E-state index contributed by atoms with van der Waals surface area (Å²) in [6.45, 7) is 5.20. The molecule has 0 unspecified atom stereocenters. The quantitative estimate of drug-likeness (QED) is 0.924. The van der Waals surface area contributed by atoms with Crippen LogP contribution in [0.25, 0.3) is 0 Å². The number of hydrogen-bond acceptors (Lipinski definition) is 6. The highest BCUT2D eigenvalue weighted by Crippen LogP contribution is 2.31. The Bertz CT molecular complexity index is 734. The molecule has 7 nitrogen and oxygen atoms in total. The molecule has 2 atom stereocenters. The molecule has 1 fully saturated rings. The van der Waals surface area contributed by atoms with Gasteiger partial charge in [-0.2, -0.15) is 10.4 Å². The zero-order valence-electron chi connectivity index (χ0n) is 13.6. The van der Waals surface area contributed by atoms with Crippen LogP contribution in [0, 0.1) is 25.2 Å². The van der Waals surface area contributed by atoms with Crippen molar-refractivity contribution in [1.29, 1.82) is 5.26 Å². The molecule has 0 saturated carbocycles. The van der Waals surface area contributed by atoms with Gasteiger partial charge in [0.2, 0.25) is 0 Å². The normalized spacial score (nSPS) is 20.4. The Morgan fingerprint density at radius 2 is 2.30 bits per heavy atom. The van der Waals surface area contributed by atoms with Crippen molar-refractivity contribution in [3.63, 3.8) is 0 Å². The number of anilines is 1. The molecule has 0 spiro atoms. The maximum Gasteiger partial charge on any atom is 0.156 e. The fourth-order valence-electron chi connectivity index (χ4n) is 2.97. The minimum absolute atomic E-state index is 0.00946. The lowest BCUT2D eigenvalue weighted by molar-refractivity contribution is 0.108. The summed E-state index contributed by atoms with van der Waals surface area (Å²) in [6.07, 6.45) is 2.54. The van der Waals surface area contributed by atoms with E-state index in [9.17, 15) is 5.26 Å². The largest absolute Gasteiger partial charge is 0.376 e. The number of rotatable bonds is 4. The number of likely N-dealkylation sites (N-methyl/N-ethyl adjacent to an activating group) is 1. The SMILES string of the molecule is Cc1cc(N(C)C[C@H]2OCC[C@H]2c2n[nH]c(C)n2)c(C#N)cn1.